The molecular weight excluding hydrogens is 124 g/mol. The van der Waals surface area contributed by atoms with Gasteiger partial charge in [-0.25, -0.2) is 0 Å². The Bertz CT molecular complexity index is 165. The highest BCUT2D eigenvalue weighted by molar-refractivity contribution is 6.02. The van der Waals surface area contributed by atoms with Crippen LogP contribution in [0.4, 0.5) is 0 Å². The average Bonchev–Trinajstić information content (AvgIpc) is 2.39. The SMILES string of the molecule is CN=C1[C@@H](C(C)(C)C)N1C. The van der Waals surface area contributed by atoms with Crippen LogP contribution in [0.15, 0.2) is 4.99 Å². The largest absolute Gasteiger partial charge is 0.351 e. The van der Waals surface area contributed by atoms with E-state index < -0.39 is 0 Å². The molecule has 0 radical (unpaired) electrons. The smallest absolute Gasteiger partial charge is 0.123 e. The van der Waals surface area contributed by atoms with E-state index in [0.29, 0.717) is 11.5 Å². The van der Waals surface area contributed by atoms with Crippen molar-refractivity contribution in [3.63, 3.8) is 0 Å². The molecule has 58 valence electrons. The predicted octanol–water partition coefficient (Wildman–Crippen LogP) is 1.37. The molecule has 1 fully saturated rings. The fourth-order valence-corrected chi connectivity index (χ4v) is 1.52. The number of likely N-dealkylation sites (N-methyl/N-ethyl adjacent to an activating group) is 1. The summed E-state index contributed by atoms with van der Waals surface area (Å²) in [6.45, 7) is 6.73. The molecule has 0 unspecified atom stereocenters. The number of hydrogen-bond acceptors (Lipinski definition) is 1. The van der Waals surface area contributed by atoms with E-state index in [2.05, 4.69) is 37.7 Å². The highest BCUT2D eigenvalue weighted by atomic mass is 15.4. The van der Waals surface area contributed by atoms with Gasteiger partial charge in [0.2, 0.25) is 0 Å². The quantitative estimate of drug-likeness (QED) is 0.464. The fourth-order valence-electron chi connectivity index (χ4n) is 1.52. The zero-order valence-corrected chi connectivity index (χ0v) is 7.47. The number of amidine groups is 1. The molecule has 0 saturated carbocycles. The van der Waals surface area contributed by atoms with Gasteiger partial charge in [-0.2, -0.15) is 0 Å². The van der Waals surface area contributed by atoms with Crippen LogP contribution in [0, 0.1) is 5.41 Å². The van der Waals surface area contributed by atoms with Gasteiger partial charge < -0.3 is 4.90 Å². The van der Waals surface area contributed by atoms with Crippen molar-refractivity contribution in [2.24, 2.45) is 10.4 Å². The van der Waals surface area contributed by atoms with Crippen LogP contribution in [0.25, 0.3) is 0 Å². The summed E-state index contributed by atoms with van der Waals surface area (Å²) in [5.74, 6) is 1.24. The van der Waals surface area contributed by atoms with Crippen LogP contribution in [0.1, 0.15) is 20.8 Å². The van der Waals surface area contributed by atoms with Crippen LogP contribution < -0.4 is 0 Å². The zero-order valence-electron chi connectivity index (χ0n) is 7.47. The molecule has 1 aliphatic rings. The Hall–Kier alpha value is -0.530. The van der Waals surface area contributed by atoms with Crippen molar-refractivity contribution in [3.05, 3.63) is 0 Å². The molecule has 0 aromatic rings. The second-order valence-electron chi connectivity index (χ2n) is 3.96. The Morgan fingerprint density at radius 1 is 1.40 bits per heavy atom. The monoisotopic (exact) mass is 140 g/mol. The Morgan fingerprint density at radius 2 is 1.90 bits per heavy atom. The minimum Gasteiger partial charge on any atom is -0.351 e. The van der Waals surface area contributed by atoms with Gasteiger partial charge in [0.25, 0.3) is 0 Å². The van der Waals surface area contributed by atoms with Gasteiger partial charge in [-0.3, -0.25) is 4.99 Å². The highest BCUT2D eigenvalue weighted by Gasteiger charge is 2.47. The molecule has 0 aromatic carbocycles. The van der Waals surface area contributed by atoms with Gasteiger partial charge in [-0.15, -0.1) is 0 Å². The maximum Gasteiger partial charge on any atom is 0.123 e. The normalized spacial score (nSPS) is 29.5. The van der Waals surface area contributed by atoms with Gasteiger partial charge >= 0.3 is 0 Å². The minimum atomic E-state index is 0.351. The molecule has 0 spiro atoms. The van der Waals surface area contributed by atoms with E-state index in [-0.39, 0.29) is 0 Å². The molecule has 0 amide bonds. The molecule has 2 heteroatoms. The van der Waals surface area contributed by atoms with E-state index in [1.807, 2.05) is 7.05 Å². The minimum absolute atomic E-state index is 0.351. The number of nitrogens with zero attached hydrogens (tertiary/aromatic N) is 2. The second kappa shape index (κ2) is 1.97. The molecular formula is C8H16N2. The highest BCUT2D eigenvalue weighted by Crippen LogP contribution is 2.35. The van der Waals surface area contributed by atoms with Crippen LogP contribution in [-0.2, 0) is 0 Å². The number of hydrogen-bond donors (Lipinski definition) is 0. The summed E-state index contributed by atoms with van der Waals surface area (Å²) in [7, 11) is 3.95. The number of rotatable bonds is 0. The summed E-state index contributed by atoms with van der Waals surface area (Å²) < 4.78 is 0. The Kier molecular flexibility index (Phi) is 1.50. The third kappa shape index (κ3) is 1.02. The molecule has 0 aliphatic carbocycles. The van der Waals surface area contributed by atoms with E-state index in [0.717, 1.165) is 0 Å². The molecule has 2 nitrogen and oxygen atoms in total. The van der Waals surface area contributed by atoms with Crippen molar-refractivity contribution in [1.29, 1.82) is 0 Å². The zero-order chi connectivity index (χ0) is 7.94. The molecule has 0 N–H and O–H groups in total. The molecule has 1 aliphatic heterocycles. The van der Waals surface area contributed by atoms with Crippen LogP contribution in [0.3, 0.4) is 0 Å². The molecule has 1 saturated heterocycles. The summed E-state index contributed by atoms with van der Waals surface area (Å²) in [5.41, 5.74) is 0.351. The molecule has 1 rings (SSSR count). The second-order valence-corrected chi connectivity index (χ2v) is 3.96. The lowest BCUT2D eigenvalue weighted by atomic mass is 9.92. The first-order valence-corrected chi connectivity index (χ1v) is 3.68. The summed E-state index contributed by atoms with van der Waals surface area (Å²) in [6.07, 6.45) is 0. The lowest BCUT2D eigenvalue weighted by molar-refractivity contribution is 0.351. The summed E-state index contributed by atoms with van der Waals surface area (Å²) in [6, 6.07) is 0.581. The summed E-state index contributed by atoms with van der Waals surface area (Å²) in [5, 5.41) is 0. The van der Waals surface area contributed by atoms with Gasteiger partial charge in [0.15, 0.2) is 0 Å². The van der Waals surface area contributed by atoms with Crippen molar-refractivity contribution < 1.29 is 0 Å². The third-order valence-electron chi connectivity index (χ3n) is 1.97. The van der Waals surface area contributed by atoms with Gasteiger partial charge in [-0.1, -0.05) is 20.8 Å². The first-order chi connectivity index (χ1) is 4.48. The molecule has 0 aromatic heterocycles. The van der Waals surface area contributed by atoms with E-state index in [9.17, 15) is 0 Å². The van der Waals surface area contributed by atoms with E-state index in [1.54, 1.807) is 0 Å². The first-order valence-electron chi connectivity index (χ1n) is 3.68. The van der Waals surface area contributed by atoms with Crippen molar-refractivity contribution in [1.82, 2.24) is 4.90 Å². The lowest BCUT2D eigenvalue weighted by Crippen LogP contribution is -2.17. The van der Waals surface area contributed by atoms with Crippen molar-refractivity contribution in [2.45, 2.75) is 26.8 Å². The molecule has 1 heterocycles. The first kappa shape index (κ1) is 7.58. The van der Waals surface area contributed by atoms with Gasteiger partial charge in [0.05, 0.1) is 6.04 Å². The Balaban J connectivity index is 2.66. The van der Waals surface area contributed by atoms with Gasteiger partial charge in [0, 0.05) is 14.1 Å². The van der Waals surface area contributed by atoms with E-state index >= 15 is 0 Å². The Morgan fingerprint density at radius 3 is 2.00 bits per heavy atom. The van der Waals surface area contributed by atoms with Crippen LogP contribution in [-0.4, -0.2) is 30.9 Å². The molecule has 1 atom stereocenters. The maximum absolute atomic E-state index is 4.17. The van der Waals surface area contributed by atoms with Crippen molar-refractivity contribution in [2.75, 3.05) is 14.1 Å². The van der Waals surface area contributed by atoms with E-state index in [4.69, 9.17) is 0 Å². The fraction of sp³-hybridized carbons (Fsp3) is 0.875. The summed E-state index contributed by atoms with van der Waals surface area (Å²) >= 11 is 0. The molecule has 10 heavy (non-hydrogen) atoms. The Labute approximate surface area is 62.9 Å². The van der Waals surface area contributed by atoms with Crippen LogP contribution >= 0.6 is 0 Å². The van der Waals surface area contributed by atoms with E-state index in [1.165, 1.54) is 5.84 Å². The predicted molar refractivity (Wildman–Crippen MR) is 44.4 cm³/mol. The number of aliphatic imine (C=N–C) groups is 1. The van der Waals surface area contributed by atoms with Gasteiger partial charge in [0.1, 0.15) is 5.84 Å². The van der Waals surface area contributed by atoms with Crippen molar-refractivity contribution in [3.8, 4) is 0 Å². The van der Waals surface area contributed by atoms with Crippen molar-refractivity contribution >= 4 is 5.84 Å². The average molecular weight is 140 g/mol. The van der Waals surface area contributed by atoms with Crippen LogP contribution in [0.5, 0.6) is 0 Å². The molecule has 0 bridgehead atoms. The van der Waals surface area contributed by atoms with Gasteiger partial charge in [-0.05, 0) is 5.41 Å². The lowest BCUT2D eigenvalue weighted by Gasteiger charge is -2.14. The van der Waals surface area contributed by atoms with Crippen LogP contribution in [0.2, 0.25) is 0 Å². The maximum atomic E-state index is 4.17. The summed E-state index contributed by atoms with van der Waals surface area (Å²) in [4.78, 5) is 6.39. The third-order valence-corrected chi connectivity index (χ3v) is 1.97. The standard InChI is InChI=1S/C8H16N2/c1-8(2,3)6-7(9-4)10(6)5/h6H,1-5H3/t6-,10?/m0/s1. The topological polar surface area (TPSA) is 15.4 Å².